The fourth-order valence-electron chi connectivity index (χ4n) is 2.07. The van der Waals surface area contributed by atoms with Crippen LogP contribution in [-0.4, -0.2) is 25.5 Å². The van der Waals surface area contributed by atoms with E-state index in [9.17, 15) is 4.79 Å². The molecule has 0 bridgehead atoms. The highest BCUT2D eigenvalue weighted by atomic mass is 35.5. The summed E-state index contributed by atoms with van der Waals surface area (Å²) in [5.41, 5.74) is 1.91. The van der Waals surface area contributed by atoms with Gasteiger partial charge >= 0.3 is 0 Å². The van der Waals surface area contributed by atoms with Crippen molar-refractivity contribution in [3.05, 3.63) is 64.2 Å². The van der Waals surface area contributed by atoms with Crippen molar-refractivity contribution in [2.45, 2.75) is 6.54 Å². The number of halogens is 2. The Morgan fingerprint density at radius 3 is 2.78 bits per heavy atom. The van der Waals surface area contributed by atoms with Crippen molar-refractivity contribution in [1.82, 2.24) is 19.6 Å². The van der Waals surface area contributed by atoms with E-state index in [2.05, 4.69) is 15.5 Å². The largest absolute Gasteiger partial charge is 0.318 e. The Labute approximate surface area is 142 Å². The molecule has 8 heteroatoms. The average molecular weight is 350 g/mol. The number of hydrogen-bond acceptors (Lipinski definition) is 3. The van der Waals surface area contributed by atoms with E-state index in [1.54, 1.807) is 53.2 Å². The first-order valence-electron chi connectivity index (χ1n) is 6.78. The molecule has 0 aliphatic carbocycles. The summed E-state index contributed by atoms with van der Waals surface area (Å²) < 4.78 is 3.27. The molecule has 1 amide bonds. The lowest BCUT2D eigenvalue weighted by atomic mass is 10.2. The number of benzene rings is 1. The molecular formula is C15H13Cl2N5O. The third-order valence-corrected chi connectivity index (χ3v) is 3.90. The third-order valence-electron chi connectivity index (χ3n) is 3.17. The number of anilines is 1. The fourth-order valence-corrected chi connectivity index (χ4v) is 2.39. The molecule has 0 aliphatic rings. The van der Waals surface area contributed by atoms with Crippen molar-refractivity contribution in [3.63, 3.8) is 0 Å². The van der Waals surface area contributed by atoms with Crippen LogP contribution in [0.2, 0.25) is 10.0 Å². The maximum absolute atomic E-state index is 12.0. The number of rotatable bonds is 4. The number of nitrogens with zero attached hydrogens (tertiary/aromatic N) is 4. The zero-order chi connectivity index (χ0) is 16.4. The van der Waals surface area contributed by atoms with Crippen LogP contribution in [0.1, 0.15) is 16.1 Å². The summed E-state index contributed by atoms with van der Waals surface area (Å²) in [5, 5.41) is 12.0. The van der Waals surface area contributed by atoms with Gasteiger partial charge in [-0.25, -0.2) is 0 Å². The Morgan fingerprint density at radius 2 is 2.09 bits per heavy atom. The highest BCUT2D eigenvalue weighted by molar-refractivity contribution is 6.42. The smallest absolute Gasteiger partial charge is 0.276 e. The molecule has 118 valence electrons. The maximum Gasteiger partial charge on any atom is 0.276 e. The Balaban J connectivity index is 1.68. The second-order valence-electron chi connectivity index (χ2n) is 5.00. The Bertz CT molecular complexity index is 855. The molecule has 0 spiro atoms. The van der Waals surface area contributed by atoms with Crippen LogP contribution >= 0.6 is 23.2 Å². The molecule has 2 aromatic heterocycles. The van der Waals surface area contributed by atoms with Crippen LogP contribution in [0.15, 0.2) is 42.9 Å². The Morgan fingerprint density at radius 1 is 1.26 bits per heavy atom. The van der Waals surface area contributed by atoms with Gasteiger partial charge in [-0.15, -0.1) is 0 Å². The summed E-state index contributed by atoms with van der Waals surface area (Å²) >= 11 is 11.9. The van der Waals surface area contributed by atoms with Gasteiger partial charge in [0.1, 0.15) is 0 Å². The van der Waals surface area contributed by atoms with E-state index in [4.69, 9.17) is 23.2 Å². The van der Waals surface area contributed by atoms with Gasteiger partial charge in [-0.05, 0) is 23.8 Å². The predicted octanol–water partition coefficient (Wildman–Crippen LogP) is 3.22. The molecule has 0 aliphatic heterocycles. The highest BCUT2D eigenvalue weighted by Crippen LogP contribution is 2.23. The van der Waals surface area contributed by atoms with E-state index in [-0.39, 0.29) is 5.91 Å². The maximum atomic E-state index is 12.0. The number of amides is 1. The van der Waals surface area contributed by atoms with Crippen molar-refractivity contribution in [2.75, 3.05) is 5.32 Å². The zero-order valence-corrected chi connectivity index (χ0v) is 13.7. The van der Waals surface area contributed by atoms with Gasteiger partial charge in [0.25, 0.3) is 5.91 Å². The molecule has 3 aromatic rings. The molecule has 0 unspecified atom stereocenters. The molecule has 2 heterocycles. The number of carbonyl (C=O) groups is 1. The number of aromatic nitrogens is 4. The monoisotopic (exact) mass is 349 g/mol. The van der Waals surface area contributed by atoms with Crippen molar-refractivity contribution >= 4 is 34.8 Å². The van der Waals surface area contributed by atoms with Crippen molar-refractivity contribution in [2.24, 2.45) is 7.05 Å². The summed E-state index contributed by atoms with van der Waals surface area (Å²) in [6.07, 6.45) is 5.03. The van der Waals surface area contributed by atoms with Crippen molar-refractivity contribution in [3.8, 4) is 0 Å². The molecule has 0 atom stereocenters. The standard InChI is InChI=1S/C15H13Cl2N5O/c1-21-5-4-14(20-21)15(23)19-11-7-18-22(9-11)8-10-2-3-12(16)13(17)6-10/h2-7,9H,8H2,1H3,(H,19,23). The average Bonchev–Trinajstić information content (AvgIpc) is 3.12. The van der Waals surface area contributed by atoms with Gasteiger partial charge in [0.2, 0.25) is 0 Å². The third kappa shape index (κ3) is 3.72. The Kier molecular flexibility index (Phi) is 4.36. The topological polar surface area (TPSA) is 64.7 Å². The van der Waals surface area contributed by atoms with Crippen LogP contribution in [-0.2, 0) is 13.6 Å². The van der Waals surface area contributed by atoms with Crippen LogP contribution in [0.3, 0.4) is 0 Å². The number of carbonyl (C=O) groups excluding carboxylic acids is 1. The predicted molar refractivity (Wildman–Crippen MR) is 89.0 cm³/mol. The van der Waals surface area contributed by atoms with Gasteiger partial charge in [-0.1, -0.05) is 29.3 Å². The molecule has 23 heavy (non-hydrogen) atoms. The molecule has 1 aromatic carbocycles. The van der Waals surface area contributed by atoms with Gasteiger partial charge in [-0.3, -0.25) is 14.2 Å². The van der Waals surface area contributed by atoms with Crippen LogP contribution < -0.4 is 5.32 Å². The summed E-state index contributed by atoms with van der Waals surface area (Å²) in [4.78, 5) is 12.0. The van der Waals surface area contributed by atoms with Crippen LogP contribution in [0.4, 0.5) is 5.69 Å². The Hall–Kier alpha value is -2.31. The normalized spacial score (nSPS) is 10.7. The lowest BCUT2D eigenvalue weighted by Crippen LogP contribution is -2.12. The van der Waals surface area contributed by atoms with Gasteiger partial charge in [-0.2, -0.15) is 10.2 Å². The lowest BCUT2D eigenvalue weighted by molar-refractivity contribution is 0.102. The molecule has 1 N–H and O–H groups in total. The van der Waals surface area contributed by atoms with Crippen molar-refractivity contribution < 1.29 is 4.79 Å². The van der Waals surface area contributed by atoms with Gasteiger partial charge < -0.3 is 5.32 Å². The quantitative estimate of drug-likeness (QED) is 0.786. The van der Waals surface area contributed by atoms with E-state index in [0.717, 1.165) is 5.56 Å². The second-order valence-corrected chi connectivity index (χ2v) is 5.82. The van der Waals surface area contributed by atoms with E-state index in [0.29, 0.717) is 28.0 Å². The molecule has 0 saturated heterocycles. The number of aryl methyl sites for hydroxylation is 1. The van der Waals surface area contributed by atoms with Gasteiger partial charge in [0.15, 0.2) is 5.69 Å². The first-order valence-corrected chi connectivity index (χ1v) is 7.54. The second kappa shape index (κ2) is 6.44. The van der Waals surface area contributed by atoms with Crippen LogP contribution in [0.5, 0.6) is 0 Å². The SMILES string of the molecule is Cn1ccc(C(=O)Nc2cnn(Cc3ccc(Cl)c(Cl)c3)c2)n1. The minimum Gasteiger partial charge on any atom is -0.318 e. The summed E-state index contributed by atoms with van der Waals surface area (Å²) in [5.74, 6) is -0.278. The summed E-state index contributed by atoms with van der Waals surface area (Å²) in [7, 11) is 1.76. The zero-order valence-electron chi connectivity index (χ0n) is 12.2. The van der Waals surface area contributed by atoms with E-state index in [1.165, 1.54) is 0 Å². The highest BCUT2D eigenvalue weighted by Gasteiger charge is 2.10. The molecule has 0 radical (unpaired) electrons. The molecule has 0 saturated carbocycles. The molecule has 0 fully saturated rings. The number of hydrogen-bond donors (Lipinski definition) is 1. The molecular weight excluding hydrogens is 337 g/mol. The van der Waals surface area contributed by atoms with E-state index >= 15 is 0 Å². The summed E-state index contributed by atoms with van der Waals surface area (Å²) in [6, 6.07) is 7.06. The molecule has 6 nitrogen and oxygen atoms in total. The minimum atomic E-state index is -0.278. The first-order chi connectivity index (χ1) is 11.0. The van der Waals surface area contributed by atoms with E-state index in [1.807, 2.05) is 6.07 Å². The fraction of sp³-hybridized carbons (Fsp3) is 0.133. The van der Waals surface area contributed by atoms with Crippen molar-refractivity contribution in [1.29, 1.82) is 0 Å². The van der Waals surface area contributed by atoms with Gasteiger partial charge in [0.05, 0.1) is 28.5 Å². The van der Waals surface area contributed by atoms with E-state index < -0.39 is 0 Å². The minimum absolute atomic E-state index is 0.278. The first kappa shape index (κ1) is 15.6. The van der Waals surface area contributed by atoms with Gasteiger partial charge in [0, 0.05) is 19.4 Å². The molecule has 3 rings (SSSR count). The summed E-state index contributed by atoms with van der Waals surface area (Å²) in [6.45, 7) is 0.524. The number of nitrogens with one attached hydrogen (secondary N) is 1. The van der Waals surface area contributed by atoms with Crippen LogP contribution in [0, 0.1) is 0 Å². The lowest BCUT2D eigenvalue weighted by Gasteiger charge is -2.03. The van der Waals surface area contributed by atoms with Crippen LogP contribution in [0.25, 0.3) is 0 Å².